The Labute approximate surface area is 196 Å². The molecular formula is C24H11Cl4N3. The predicted molar refractivity (Wildman–Crippen MR) is 131 cm³/mol. The zero-order chi connectivity index (χ0) is 21.3. The molecule has 0 fully saturated rings. The molecule has 0 saturated heterocycles. The van der Waals surface area contributed by atoms with Crippen molar-refractivity contribution in [2.75, 3.05) is 0 Å². The molecule has 7 heteroatoms. The van der Waals surface area contributed by atoms with Crippen LogP contribution in [0.2, 0.25) is 20.1 Å². The molecule has 31 heavy (non-hydrogen) atoms. The maximum atomic E-state index is 6.70. The van der Waals surface area contributed by atoms with Crippen LogP contribution in [0.3, 0.4) is 0 Å². The summed E-state index contributed by atoms with van der Waals surface area (Å²) >= 11 is 26.2. The number of hydrogen-bond donors (Lipinski definition) is 0. The number of halogens is 4. The van der Waals surface area contributed by atoms with Crippen LogP contribution in [0.15, 0.2) is 66.7 Å². The van der Waals surface area contributed by atoms with Gasteiger partial charge in [0, 0.05) is 11.1 Å². The van der Waals surface area contributed by atoms with Crippen molar-refractivity contribution in [3.63, 3.8) is 0 Å². The number of nitrogens with zero attached hydrogens (tertiary/aromatic N) is 3. The van der Waals surface area contributed by atoms with Gasteiger partial charge >= 0.3 is 0 Å². The lowest BCUT2D eigenvalue weighted by molar-refractivity contribution is 1.14. The van der Waals surface area contributed by atoms with Crippen molar-refractivity contribution in [3.05, 3.63) is 86.8 Å². The molecule has 150 valence electrons. The Morgan fingerprint density at radius 2 is 1.19 bits per heavy atom. The molecule has 0 aliphatic carbocycles. The molecule has 0 unspecified atom stereocenters. The number of para-hydroxylation sites is 1. The van der Waals surface area contributed by atoms with E-state index in [1.54, 1.807) is 0 Å². The highest BCUT2D eigenvalue weighted by molar-refractivity contribution is 6.56. The molecule has 0 atom stereocenters. The van der Waals surface area contributed by atoms with Crippen molar-refractivity contribution >= 4 is 90.3 Å². The smallest absolute Gasteiger partial charge is 0.165 e. The van der Waals surface area contributed by atoms with Crippen LogP contribution < -0.4 is 0 Å². The molecule has 0 amide bonds. The highest BCUT2D eigenvalue weighted by Crippen LogP contribution is 2.47. The quantitative estimate of drug-likeness (QED) is 0.133. The number of fused-ring (bicyclic) bond motifs is 5. The maximum absolute atomic E-state index is 6.70. The summed E-state index contributed by atoms with van der Waals surface area (Å²) in [5.41, 5.74) is 4.28. The van der Waals surface area contributed by atoms with E-state index >= 15 is 0 Å². The first-order chi connectivity index (χ1) is 15.0. The lowest BCUT2D eigenvalue weighted by Crippen LogP contribution is -1.97. The molecule has 0 spiro atoms. The van der Waals surface area contributed by atoms with Crippen molar-refractivity contribution in [1.82, 2.24) is 14.5 Å². The Morgan fingerprint density at radius 1 is 0.613 bits per heavy atom. The minimum Gasteiger partial charge on any atom is -0.291 e. The van der Waals surface area contributed by atoms with Gasteiger partial charge in [-0.25, -0.2) is 9.97 Å². The average molecular weight is 483 g/mol. The van der Waals surface area contributed by atoms with Crippen LogP contribution in [-0.2, 0) is 0 Å². The van der Waals surface area contributed by atoms with E-state index in [-0.39, 0.29) is 10.0 Å². The lowest BCUT2D eigenvalue weighted by Gasteiger charge is -2.10. The van der Waals surface area contributed by atoms with Gasteiger partial charge in [-0.2, -0.15) is 0 Å². The van der Waals surface area contributed by atoms with E-state index in [1.165, 1.54) is 0 Å². The van der Waals surface area contributed by atoms with E-state index in [0.29, 0.717) is 32.1 Å². The first-order valence-electron chi connectivity index (χ1n) is 9.46. The third kappa shape index (κ3) is 2.74. The SMILES string of the molecule is Clc1c(Cl)c(Cl)c2c(c1Cl)c1nc3cc4ccccc4cc3nc1n2-c1ccccc1. The topological polar surface area (TPSA) is 30.7 Å². The minimum absolute atomic E-state index is 0.202. The summed E-state index contributed by atoms with van der Waals surface area (Å²) in [5.74, 6) is 0. The molecule has 3 nitrogen and oxygen atoms in total. The summed E-state index contributed by atoms with van der Waals surface area (Å²) < 4.78 is 1.93. The standard InChI is InChI=1S/C24H11Cl4N3/c25-18-17-22-24(30-16-11-13-7-5-4-6-12(13)10-15(16)29-22)31(14-8-2-1-3-9-14)23(17)21(28)20(27)19(18)26/h1-11H. The summed E-state index contributed by atoms with van der Waals surface area (Å²) in [7, 11) is 0. The summed E-state index contributed by atoms with van der Waals surface area (Å²) in [6.07, 6.45) is 0. The van der Waals surface area contributed by atoms with Crippen molar-refractivity contribution < 1.29 is 0 Å². The predicted octanol–water partition coefficient (Wildman–Crippen LogP) is 8.49. The monoisotopic (exact) mass is 481 g/mol. The third-order valence-corrected chi connectivity index (χ3v) is 7.23. The van der Waals surface area contributed by atoms with Gasteiger partial charge in [-0.3, -0.25) is 4.57 Å². The molecule has 4 aromatic carbocycles. The van der Waals surface area contributed by atoms with E-state index in [0.717, 1.165) is 27.5 Å². The zero-order valence-electron chi connectivity index (χ0n) is 15.7. The van der Waals surface area contributed by atoms with E-state index in [4.69, 9.17) is 56.4 Å². The fourth-order valence-corrected chi connectivity index (χ4v) is 5.05. The highest BCUT2D eigenvalue weighted by Gasteiger charge is 2.25. The molecule has 0 bridgehead atoms. The van der Waals surface area contributed by atoms with E-state index in [9.17, 15) is 0 Å². The number of aromatic nitrogens is 3. The molecule has 0 aliphatic rings. The van der Waals surface area contributed by atoms with Gasteiger partial charge in [-0.1, -0.05) is 88.9 Å². The lowest BCUT2D eigenvalue weighted by atomic mass is 10.1. The molecule has 0 aliphatic heterocycles. The molecule has 0 saturated carbocycles. The van der Waals surface area contributed by atoms with Gasteiger partial charge in [0.25, 0.3) is 0 Å². The second-order valence-corrected chi connectivity index (χ2v) is 8.75. The molecule has 0 N–H and O–H groups in total. The van der Waals surface area contributed by atoms with Crippen LogP contribution in [0.4, 0.5) is 0 Å². The first kappa shape index (κ1) is 19.1. The normalized spacial score (nSPS) is 11.9. The van der Waals surface area contributed by atoms with Crippen LogP contribution in [0.25, 0.3) is 49.6 Å². The van der Waals surface area contributed by atoms with Crippen molar-refractivity contribution in [2.24, 2.45) is 0 Å². The molecular weight excluding hydrogens is 472 g/mol. The molecule has 2 heterocycles. The minimum atomic E-state index is 0.202. The Balaban J connectivity index is 1.89. The maximum Gasteiger partial charge on any atom is 0.165 e. The molecule has 6 aromatic rings. The number of rotatable bonds is 1. The summed E-state index contributed by atoms with van der Waals surface area (Å²) in [5, 5.41) is 3.82. The third-order valence-electron chi connectivity index (χ3n) is 5.44. The fraction of sp³-hybridized carbons (Fsp3) is 0. The van der Waals surface area contributed by atoms with Gasteiger partial charge in [-0.05, 0) is 35.0 Å². The van der Waals surface area contributed by atoms with Gasteiger partial charge in [-0.15, -0.1) is 0 Å². The average Bonchev–Trinajstić information content (AvgIpc) is 3.13. The van der Waals surface area contributed by atoms with E-state index in [1.807, 2.05) is 65.2 Å². The summed E-state index contributed by atoms with van der Waals surface area (Å²) in [6, 6.07) is 21.9. The fourth-order valence-electron chi connectivity index (χ4n) is 4.04. The zero-order valence-corrected chi connectivity index (χ0v) is 18.7. The Morgan fingerprint density at radius 3 is 1.87 bits per heavy atom. The first-order valence-corrected chi connectivity index (χ1v) is 11.0. The largest absolute Gasteiger partial charge is 0.291 e. The van der Waals surface area contributed by atoms with Crippen LogP contribution >= 0.6 is 46.4 Å². The van der Waals surface area contributed by atoms with Gasteiger partial charge < -0.3 is 0 Å². The Kier molecular flexibility index (Phi) is 4.31. The Hall–Kier alpha value is -2.56. The van der Waals surface area contributed by atoms with Crippen LogP contribution in [0.1, 0.15) is 0 Å². The molecule has 0 radical (unpaired) electrons. The van der Waals surface area contributed by atoms with Gasteiger partial charge in [0.2, 0.25) is 0 Å². The second kappa shape index (κ2) is 6.98. The number of benzene rings is 4. The molecule has 2 aromatic heterocycles. The van der Waals surface area contributed by atoms with E-state index < -0.39 is 0 Å². The van der Waals surface area contributed by atoms with E-state index in [2.05, 4.69) is 6.07 Å². The highest BCUT2D eigenvalue weighted by atomic mass is 35.5. The van der Waals surface area contributed by atoms with Crippen molar-refractivity contribution in [3.8, 4) is 5.69 Å². The van der Waals surface area contributed by atoms with Crippen LogP contribution in [0, 0.1) is 0 Å². The Bertz CT molecular complexity index is 1670. The van der Waals surface area contributed by atoms with Crippen LogP contribution in [0.5, 0.6) is 0 Å². The molecule has 6 rings (SSSR count). The van der Waals surface area contributed by atoms with Gasteiger partial charge in [0.05, 0.1) is 36.6 Å². The summed E-state index contributed by atoms with van der Waals surface area (Å²) in [6.45, 7) is 0. The van der Waals surface area contributed by atoms with Crippen LogP contribution in [-0.4, -0.2) is 14.5 Å². The van der Waals surface area contributed by atoms with Gasteiger partial charge in [0.15, 0.2) is 5.65 Å². The second-order valence-electron chi connectivity index (χ2n) is 7.23. The van der Waals surface area contributed by atoms with Crippen molar-refractivity contribution in [2.45, 2.75) is 0 Å². The van der Waals surface area contributed by atoms with Crippen molar-refractivity contribution in [1.29, 1.82) is 0 Å². The number of hydrogen-bond acceptors (Lipinski definition) is 2. The van der Waals surface area contributed by atoms with Gasteiger partial charge in [0.1, 0.15) is 5.52 Å². The summed E-state index contributed by atoms with van der Waals surface area (Å²) in [4.78, 5) is 9.93.